The lowest BCUT2D eigenvalue weighted by Gasteiger charge is -1.96. The zero-order chi connectivity index (χ0) is 12.5. The molecule has 90 valence electrons. The van der Waals surface area contributed by atoms with Gasteiger partial charge in [0.1, 0.15) is 11.6 Å². The van der Waals surface area contributed by atoms with Crippen LogP contribution in [-0.4, -0.2) is 10.1 Å². The summed E-state index contributed by atoms with van der Waals surface area (Å²) >= 11 is 1.44. The van der Waals surface area contributed by atoms with Gasteiger partial charge >= 0.3 is 0 Å². The lowest BCUT2D eigenvalue weighted by atomic mass is 10.2. The summed E-state index contributed by atoms with van der Waals surface area (Å²) in [7, 11) is 0. The number of halogens is 2. The average molecular weight is 264 g/mol. The van der Waals surface area contributed by atoms with Crippen LogP contribution in [0.4, 0.5) is 8.78 Å². The molecular formula is C12H6F2N2OS. The van der Waals surface area contributed by atoms with E-state index in [-0.39, 0.29) is 11.4 Å². The van der Waals surface area contributed by atoms with Gasteiger partial charge < -0.3 is 4.52 Å². The number of hydrogen-bond donors (Lipinski definition) is 0. The van der Waals surface area contributed by atoms with Crippen molar-refractivity contribution < 1.29 is 13.3 Å². The molecule has 18 heavy (non-hydrogen) atoms. The maximum Gasteiger partial charge on any atom is 0.268 e. The summed E-state index contributed by atoms with van der Waals surface area (Å²) in [4.78, 5) is 4.89. The van der Waals surface area contributed by atoms with E-state index in [2.05, 4.69) is 10.1 Å². The smallest absolute Gasteiger partial charge is 0.268 e. The molecule has 0 fully saturated rings. The maximum atomic E-state index is 13.5. The van der Waals surface area contributed by atoms with Crippen molar-refractivity contribution in [1.82, 2.24) is 10.1 Å². The zero-order valence-corrected chi connectivity index (χ0v) is 9.75. The fourth-order valence-electron chi connectivity index (χ4n) is 1.50. The van der Waals surface area contributed by atoms with Crippen LogP contribution in [0.3, 0.4) is 0 Å². The highest BCUT2D eigenvalue weighted by atomic mass is 32.1. The van der Waals surface area contributed by atoms with Gasteiger partial charge in [0.05, 0.1) is 10.4 Å². The van der Waals surface area contributed by atoms with Crippen molar-refractivity contribution in [2.75, 3.05) is 0 Å². The van der Waals surface area contributed by atoms with E-state index in [0.717, 1.165) is 17.0 Å². The Morgan fingerprint density at radius 1 is 1.17 bits per heavy atom. The predicted molar refractivity (Wildman–Crippen MR) is 63.0 cm³/mol. The normalized spacial score (nSPS) is 10.8. The first-order valence-corrected chi connectivity index (χ1v) is 5.95. The van der Waals surface area contributed by atoms with Crippen LogP contribution in [0.25, 0.3) is 22.2 Å². The lowest BCUT2D eigenvalue weighted by Crippen LogP contribution is -1.88. The Morgan fingerprint density at radius 2 is 2.06 bits per heavy atom. The fraction of sp³-hybridized carbons (Fsp3) is 0. The first-order chi connectivity index (χ1) is 8.74. The van der Waals surface area contributed by atoms with E-state index >= 15 is 0 Å². The van der Waals surface area contributed by atoms with Crippen LogP contribution in [0, 0.1) is 11.6 Å². The van der Waals surface area contributed by atoms with Crippen molar-refractivity contribution in [1.29, 1.82) is 0 Å². The van der Waals surface area contributed by atoms with Gasteiger partial charge in [-0.1, -0.05) is 11.2 Å². The van der Waals surface area contributed by atoms with Gasteiger partial charge in [-0.3, -0.25) is 0 Å². The summed E-state index contributed by atoms with van der Waals surface area (Å²) in [6.07, 6.45) is 0. The maximum absolute atomic E-state index is 13.5. The summed E-state index contributed by atoms with van der Waals surface area (Å²) in [5.41, 5.74) is 0.114. The van der Waals surface area contributed by atoms with Crippen molar-refractivity contribution in [2.45, 2.75) is 0 Å². The van der Waals surface area contributed by atoms with E-state index in [4.69, 9.17) is 4.52 Å². The molecule has 0 aliphatic heterocycles. The summed E-state index contributed by atoms with van der Waals surface area (Å²) in [6, 6.07) is 6.90. The van der Waals surface area contributed by atoms with Crippen LogP contribution in [0.1, 0.15) is 0 Å². The first-order valence-electron chi connectivity index (χ1n) is 5.07. The van der Waals surface area contributed by atoms with Crippen molar-refractivity contribution in [3.63, 3.8) is 0 Å². The van der Waals surface area contributed by atoms with Gasteiger partial charge in [-0.2, -0.15) is 4.98 Å². The topological polar surface area (TPSA) is 38.9 Å². The summed E-state index contributed by atoms with van der Waals surface area (Å²) < 4.78 is 31.4. The van der Waals surface area contributed by atoms with Crippen LogP contribution in [0.15, 0.2) is 40.2 Å². The van der Waals surface area contributed by atoms with Crippen LogP contribution >= 0.6 is 11.3 Å². The quantitative estimate of drug-likeness (QED) is 0.707. The molecule has 3 nitrogen and oxygen atoms in total. The summed E-state index contributed by atoms with van der Waals surface area (Å²) in [6.45, 7) is 0. The number of aromatic nitrogens is 2. The summed E-state index contributed by atoms with van der Waals surface area (Å²) in [5, 5.41) is 5.56. The van der Waals surface area contributed by atoms with Gasteiger partial charge in [-0.15, -0.1) is 11.3 Å². The molecule has 0 spiro atoms. The Hall–Kier alpha value is -2.08. The first kappa shape index (κ1) is 11.0. The van der Waals surface area contributed by atoms with Gasteiger partial charge in [-0.05, 0) is 23.6 Å². The fourth-order valence-corrected chi connectivity index (χ4v) is 2.15. The SMILES string of the molecule is Fc1ccc(-c2noc(-c3cccs3)n2)c(F)c1. The highest BCUT2D eigenvalue weighted by molar-refractivity contribution is 7.13. The van der Waals surface area contributed by atoms with E-state index in [9.17, 15) is 8.78 Å². The third kappa shape index (κ3) is 1.91. The molecule has 0 radical (unpaired) electrons. The second kappa shape index (κ2) is 4.30. The Bertz CT molecular complexity index is 679. The van der Waals surface area contributed by atoms with E-state index in [0.29, 0.717) is 5.89 Å². The molecule has 2 heterocycles. The number of hydrogen-bond acceptors (Lipinski definition) is 4. The van der Waals surface area contributed by atoms with E-state index in [1.807, 2.05) is 17.5 Å². The molecule has 0 bridgehead atoms. The highest BCUT2D eigenvalue weighted by Gasteiger charge is 2.14. The monoisotopic (exact) mass is 264 g/mol. The third-order valence-corrected chi connectivity index (χ3v) is 3.19. The van der Waals surface area contributed by atoms with Crippen molar-refractivity contribution in [3.8, 4) is 22.2 Å². The minimum Gasteiger partial charge on any atom is -0.333 e. The second-order valence-corrected chi connectivity index (χ2v) is 4.47. The molecule has 3 rings (SSSR count). The number of nitrogens with zero attached hydrogens (tertiary/aromatic N) is 2. The minimum absolute atomic E-state index is 0.107. The number of rotatable bonds is 2. The molecule has 0 saturated carbocycles. The van der Waals surface area contributed by atoms with Crippen LogP contribution in [0.2, 0.25) is 0 Å². The molecule has 0 amide bonds. The lowest BCUT2D eigenvalue weighted by molar-refractivity contribution is 0.432. The number of thiophene rings is 1. The molecule has 0 aliphatic carbocycles. The van der Waals surface area contributed by atoms with E-state index in [1.165, 1.54) is 17.4 Å². The molecule has 0 unspecified atom stereocenters. The zero-order valence-electron chi connectivity index (χ0n) is 8.93. The molecule has 3 aromatic rings. The van der Waals surface area contributed by atoms with Gasteiger partial charge in [-0.25, -0.2) is 8.78 Å². The molecule has 0 aliphatic rings. The molecule has 2 aromatic heterocycles. The van der Waals surface area contributed by atoms with Gasteiger partial charge in [0.2, 0.25) is 5.82 Å². The Morgan fingerprint density at radius 3 is 2.78 bits per heavy atom. The second-order valence-electron chi connectivity index (χ2n) is 3.52. The molecule has 0 saturated heterocycles. The third-order valence-electron chi connectivity index (χ3n) is 2.33. The number of benzene rings is 1. The van der Waals surface area contributed by atoms with Gasteiger partial charge in [0.25, 0.3) is 5.89 Å². The van der Waals surface area contributed by atoms with E-state index < -0.39 is 11.6 Å². The minimum atomic E-state index is -0.714. The van der Waals surface area contributed by atoms with Crippen LogP contribution < -0.4 is 0 Å². The average Bonchev–Trinajstić information content (AvgIpc) is 2.99. The molecule has 0 N–H and O–H groups in total. The van der Waals surface area contributed by atoms with Gasteiger partial charge in [0, 0.05) is 6.07 Å². The predicted octanol–water partition coefficient (Wildman–Crippen LogP) is 3.74. The molecule has 6 heteroatoms. The molecule has 1 aromatic carbocycles. The van der Waals surface area contributed by atoms with Crippen LogP contribution in [0.5, 0.6) is 0 Å². The van der Waals surface area contributed by atoms with Crippen molar-refractivity contribution in [3.05, 3.63) is 47.3 Å². The van der Waals surface area contributed by atoms with Crippen molar-refractivity contribution >= 4 is 11.3 Å². The molecule has 0 atom stereocenters. The standard InChI is InChI=1S/C12H6F2N2OS/c13-7-3-4-8(9(14)6-7)11-15-12(17-16-11)10-2-1-5-18-10/h1-6H. The largest absolute Gasteiger partial charge is 0.333 e. The summed E-state index contributed by atoms with van der Waals surface area (Å²) in [5.74, 6) is -0.925. The Labute approximate surface area is 105 Å². The Kier molecular flexibility index (Phi) is 2.64. The van der Waals surface area contributed by atoms with Gasteiger partial charge in [0.15, 0.2) is 0 Å². The van der Waals surface area contributed by atoms with Crippen LogP contribution in [-0.2, 0) is 0 Å². The van der Waals surface area contributed by atoms with Crippen molar-refractivity contribution in [2.24, 2.45) is 0 Å². The van der Waals surface area contributed by atoms with E-state index in [1.54, 1.807) is 0 Å². The Balaban J connectivity index is 2.03. The highest BCUT2D eigenvalue weighted by Crippen LogP contribution is 2.26. The molecular weight excluding hydrogens is 258 g/mol.